The highest BCUT2D eigenvalue weighted by molar-refractivity contribution is 5.58. The Kier molecular flexibility index (Phi) is 3.70. The van der Waals surface area contributed by atoms with Crippen LogP contribution in [0.2, 0.25) is 0 Å². The molecule has 1 saturated carbocycles. The maximum atomic E-state index is 10.7. The fraction of sp³-hybridized carbons (Fsp3) is 0.500. The molecule has 2 rings (SSSR count). The standard InChI is InChI=1S/C14H17N3O2/c1-2-14(6-3-7-14)10-16-12-4-5-13(17(18)19)11(8-12)9-15/h4-5,8,16H,2-3,6-7,10H2,1H3. The Morgan fingerprint density at radius 2 is 2.26 bits per heavy atom. The summed E-state index contributed by atoms with van der Waals surface area (Å²) < 4.78 is 0. The molecule has 0 amide bonds. The first-order valence-corrected chi connectivity index (χ1v) is 6.53. The molecule has 0 heterocycles. The molecule has 0 saturated heterocycles. The quantitative estimate of drug-likeness (QED) is 0.648. The fourth-order valence-electron chi connectivity index (χ4n) is 2.52. The number of benzene rings is 1. The number of rotatable bonds is 5. The minimum absolute atomic E-state index is 0.106. The number of nitro benzene ring substituents is 1. The first-order valence-electron chi connectivity index (χ1n) is 6.53. The number of nitro groups is 1. The molecule has 1 aliphatic rings. The summed E-state index contributed by atoms with van der Waals surface area (Å²) >= 11 is 0. The fourth-order valence-corrected chi connectivity index (χ4v) is 2.52. The van der Waals surface area contributed by atoms with E-state index >= 15 is 0 Å². The van der Waals surface area contributed by atoms with Gasteiger partial charge in [-0.2, -0.15) is 5.26 Å². The van der Waals surface area contributed by atoms with E-state index in [-0.39, 0.29) is 11.3 Å². The van der Waals surface area contributed by atoms with Crippen LogP contribution >= 0.6 is 0 Å². The third kappa shape index (κ3) is 2.68. The van der Waals surface area contributed by atoms with Gasteiger partial charge in [-0.25, -0.2) is 0 Å². The molecule has 5 nitrogen and oxygen atoms in total. The molecule has 0 spiro atoms. The highest BCUT2D eigenvalue weighted by Gasteiger charge is 2.34. The minimum Gasteiger partial charge on any atom is -0.384 e. The monoisotopic (exact) mass is 259 g/mol. The Morgan fingerprint density at radius 3 is 2.74 bits per heavy atom. The zero-order valence-electron chi connectivity index (χ0n) is 11.0. The van der Waals surface area contributed by atoms with E-state index in [1.54, 1.807) is 12.1 Å². The van der Waals surface area contributed by atoms with Gasteiger partial charge in [-0.1, -0.05) is 13.3 Å². The van der Waals surface area contributed by atoms with E-state index in [9.17, 15) is 10.1 Å². The normalized spacial score (nSPS) is 16.2. The first kappa shape index (κ1) is 13.3. The number of anilines is 1. The average molecular weight is 259 g/mol. The summed E-state index contributed by atoms with van der Waals surface area (Å²) in [6.45, 7) is 3.06. The highest BCUT2D eigenvalue weighted by Crippen LogP contribution is 2.43. The minimum atomic E-state index is -0.526. The second-order valence-corrected chi connectivity index (χ2v) is 5.16. The van der Waals surface area contributed by atoms with Gasteiger partial charge >= 0.3 is 0 Å². The van der Waals surface area contributed by atoms with Crippen LogP contribution in [0, 0.1) is 26.9 Å². The van der Waals surface area contributed by atoms with E-state index in [1.807, 2.05) is 6.07 Å². The lowest BCUT2D eigenvalue weighted by Gasteiger charge is -2.41. The SMILES string of the molecule is CCC1(CNc2ccc([N+](=O)[O-])c(C#N)c2)CCC1. The van der Waals surface area contributed by atoms with E-state index in [1.165, 1.54) is 25.3 Å². The van der Waals surface area contributed by atoms with Crippen molar-refractivity contribution in [1.82, 2.24) is 0 Å². The first-order chi connectivity index (χ1) is 9.10. The molecule has 0 bridgehead atoms. The third-order valence-electron chi connectivity index (χ3n) is 4.15. The molecule has 100 valence electrons. The molecule has 19 heavy (non-hydrogen) atoms. The van der Waals surface area contributed by atoms with Crippen LogP contribution in [0.3, 0.4) is 0 Å². The van der Waals surface area contributed by atoms with Gasteiger partial charge in [-0.3, -0.25) is 10.1 Å². The summed E-state index contributed by atoms with van der Waals surface area (Å²) in [6.07, 6.45) is 4.88. The number of hydrogen-bond acceptors (Lipinski definition) is 4. The van der Waals surface area contributed by atoms with Crippen molar-refractivity contribution in [3.8, 4) is 6.07 Å². The number of nitrogens with zero attached hydrogens (tertiary/aromatic N) is 2. The van der Waals surface area contributed by atoms with Gasteiger partial charge in [0.25, 0.3) is 5.69 Å². The van der Waals surface area contributed by atoms with Crippen LogP contribution in [0.15, 0.2) is 18.2 Å². The van der Waals surface area contributed by atoms with Crippen molar-refractivity contribution in [3.63, 3.8) is 0 Å². The molecule has 1 fully saturated rings. The molecule has 1 aromatic rings. The summed E-state index contributed by atoms with van der Waals surface area (Å²) in [7, 11) is 0. The zero-order chi connectivity index (χ0) is 13.9. The maximum Gasteiger partial charge on any atom is 0.287 e. The van der Waals surface area contributed by atoms with E-state index in [2.05, 4.69) is 12.2 Å². The topological polar surface area (TPSA) is 79.0 Å². The lowest BCUT2D eigenvalue weighted by Crippen LogP contribution is -2.35. The smallest absolute Gasteiger partial charge is 0.287 e. The molecular weight excluding hydrogens is 242 g/mol. The van der Waals surface area contributed by atoms with E-state index in [0.29, 0.717) is 5.41 Å². The summed E-state index contributed by atoms with van der Waals surface area (Å²) in [5.41, 5.74) is 1.12. The lowest BCUT2D eigenvalue weighted by molar-refractivity contribution is -0.385. The summed E-state index contributed by atoms with van der Waals surface area (Å²) in [4.78, 5) is 10.2. The summed E-state index contributed by atoms with van der Waals surface area (Å²) in [5, 5.41) is 23.0. The second kappa shape index (κ2) is 5.27. The Bertz CT molecular complexity index is 524. The van der Waals surface area contributed by atoms with Crippen LogP contribution in [-0.4, -0.2) is 11.5 Å². The molecule has 5 heteroatoms. The van der Waals surface area contributed by atoms with Crippen LogP contribution in [0.4, 0.5) is 11.4 Å². The summed E-state index contributed by atoms with van der Waals surface area (Å²) in [5.74, 6) is 0. The molecule has 0 atom stereocenters. The molecule has 1 N–H and O–H groups in total. The zero-order valence-corrected chi connectivity index (χ0v) is 11.0. The van der Waals surface area contributed by atoms with Gasteiger partial charge in [0, 0.05) is 18.3 Å². The molecule has 1 aromatic carbocycles. The maximum absolute atomic E-state index is 10.7. The van der Waals surface area contributed by atoms with Crippen molar-refractivity contribution in [2.24, 2.45) is 5.41 Å². The Hall–Kier alpha value is -2.09. The van der Waals surface area contributed by atoms with Crippen molar-refractivity contribution in [3.05, 3.63) is 33.9 Å². The van der Waals surface area contributed by atoms with Crippen molar-refractivity contribution in [2.45, 2.75) is 32.6 Å². The summed E-state index contributed by atoms with van der Waals surface area (Å²) in [6, 6.07) is 6.49. The molecule has 0 aromatic heterocycles. The van der Waals surface area contributed by atoms with Crippen molar-refractivity contribution < 1.29 is 4.92 Å². The number of hydrogen-bond donors (Lipinski definition) is 1. The van der Waals surface area contributed by atoms with Gasteiger partial charge < -0.3 is 5.32 Å². The molecule has 0 radical (unpaired) electrons. The van der Waals surface area contributed by atoms with Crippen molar-refractivity contribution in [2.75, 3.05) is 11.9 Å². The molecule has 0 unspecified atom stereocenters. The molecule has 1 aliphatic carbocycles. The Morgan fingerprint density at radius 1 is 1.53 bits per heavy atom. The largest absolute Gasteiger partial charge is 0.384 e. The van der Waals surface area contributed by atoms with Gasteiger partial charge in [0.2, 0.25) is 0 Å². The van der Waals surface area contributed by atoms with Gasteiger partial charge in [0.15, 0.2) is 0 Å². The predicted molar refractivity (Wildman–Crippen MR) is 72.9 cm³/mol. The Labute approximate surface area is 112 Å². The van der Waals surface area contributed by atoms with E-state index < -0.39 is 4.92 Å². The molecule has 0 aliphatic heterocycles. The average Bonchev–Trinajstić information content (AvgIpc) is 2.37. The van der Waals surface area contributed by atoms with Gasteiger partial charge in [-0.05, 0) is 36.8 Å². The van der Waals surface area contributed by atoms with Crippen molar-refractivity contribution in [1.29, 1.82) is 5.26 Å². The van der Waals surface area contributed by atoms with Crippen LogP contribution in [0.25, 0.3) is 0 Å². The van der Waals surface area contributed by atoms with E-state index in [4.69, 9.17) is 5.26 Å². The van der Waals surface area contributed by atoms with Crippen LogP contribution in [0.1, 0.15) is 38.2 Å². The van der Waals surface area contributed by atoms with Crippen LogP contribution in [-0.2, 0) is 0 Å². The van der Waals surface area contributed by atoms with Crippen LogP contribution in [0.5, 0.6) is 0 Å². The van der Waals surface area contributed by atoms with Gasteiger partial charge in [0.05, 0.1) is 4.92 Å². The lowest BCUT2D eigenvalue weighted by atomic mass is 9.67. The Balaban J connectivity index is 2.10. The number of nitrogens with one attached hydrogen (secondary N) is 1. The second-order valence-electron chi connectivity index (χ2n) is 5.16. The number of nitriles is 1. The molecular formula is C14H17N3O2. The van der Waals surface area contributed by atoms with Gasteiger partial charge in [0.1, 0.15) is 11.6 Å². The predicted octanol–water partition coefficient (Wildman–Crippen LogP) is 3.46. The van der Waals surface area contributed by atoms with Crippen LogP contribution < -0.4 is 5.32 Å². The highest BCUT2D eigenvalue weighted by atomic mass is 16.6. The third-order valence-corrected chi connectivity index (χ3v) is 4.15. The van der Waals surface area contributed by atoms with Gasteiger partial charge in [-0.15, -0.1) is 0 Å². The van der Waals surface area contributed by atoms with E-state index in [0.717, 1.165) is 18.7 Å². The van der Waals surface area contributed by atoms with Crippen molar-refractivity contribution >= 4 is 11.4 Å².